The number of carbonyl (C=O) groups is 2. The second-order valence-electron chi connectivity index (χ2n) is 7.47. The SMILES string of the molecule is O=Cc1c(CC(=O)NCC2CCOC2)noc1COCc1ccc2ccccc2c1. The molecule has 2 heterocycles. The van der Waals surface area contributed by atoms with Crippen LogP contribution in [0.15, 0.2) is 47.0 Å². The number of benzene rings is 2. The van der Waals surface area contributed by atoms with Crippen LogP contribution in [0.4, 0.5) is 0 Å². The molecule has 1 amide bonds. The number of aromatic nitrogens is 1. The maximum absolute atomic E-state index is 12.2. The smallest absolute Gasteiger partial charge is 0.226 e. The number of carbonyl (C=O) groups excluding carboxylic acids is 2. The molecule has 0 bridgehead atoms. The summed E-state index contributed by atoms with van der Waals surface area (Å²) in [4.78, 5) is 23.7. The van der Waals surface area contributed by atoms with Crippen molar-refractivity contribution < 1.29 is 23.6 Å². The van der Waals surface area contributed by atoms with Crippen molar-refractivity contribution in [1.82, 2.24) is 10.5 Å². The van der Waals surface area contributed by atoms with Crippen LogP contribution >= 0.6 is 0 Å². The number of amides is 1. The fourth-order valence-corrected chi connectivity index (χ4v) is 3.54. The summed E-state index contributed by atoms with van der Waals surface area (Å²) >= 11 is 0. The lowest BCUT2D eigenvalue weighted by atomic mass is 10.1. The number of rotatable bonds is 9. The van der Waals surface area contributed by atoms with Crippen molar-refractivity contribution >= 4 is 23.0 Å². The Morgan fingerprint density at radius 1 is 1.20 bits per heavy atom. The lowest BCUT2D eigenvalue weighted by Crippen LogP contribution is -2.31. The summed E-state index contributed by atoms with van der Waals surface area (Å²) in [5, 5.41) is 9.08. The Kier molecular flexibility index (Phi) is 6.51. The first kappa shape index (κ1) is 20.3. The summed E-state index contributed by atoms with van der Waals surface area (Å²) in [7, 11) is 0. The Morgan fingerprint density at radius 3 is 2.87 bits per heavy atom. The van der Waals surface area contributed by atoms with E-state index in [4.69, 9.17) is 14.0 Å². The standard InChI is InChI=1S/C23H24N2O5/c26-12-20-21(10-23(27)24-11-17-7-8-28-14-17)25-30-22(20)15-29-13-16-5-6-18-3-1-2-4-19(18)9-16/h1-6,9,12,17H,7-8,10-11,13-15H2,(H,24,27). The van der Waals surface area contributed by atoms with Crippen molar-refractivity contribution in [3.63, 3.8) is 0 Å². The van der Waals surface area contributed by atoms with Crippen LogP contribution in [0.25, 0.3) is 10.8 Å². The van der Waals surface area contributed by atoms with Gasteiger partial charge < -0.3 is 19.3 Å². The van der Waals surface area contributed by atoms with E-state index >= 15 is 0 Å². The molecule has 1 N–H and O–H groups in total. The predicted octanol–water partition coefficient (Wildman–Crippen LogP) is 3.05. The molecule has 1 aromatic heterocycles. The zero-order chi connectivity index (χ0) is 20.8. The van der Waals surface area contributed by atoms with Gasteiger partial charge >= 0.3 is 0 Å². The summed E-state index contributed by atoms with van der Waals surface area (Å²) in [6, 6.07) is 14.2. The van der Waals surface area contributed by atoms with Gasteiger partial charge in [0.25, 0.3) is 0 Å². The predicted molar refractivity (Wildman–Crippen MR) is 110 cm³/mol. The first-order valence-corrected chi connectivity index (χ1v) is 10.1. The van der Waals surface area contributed by atoms with Gasteiger partial charge in [0.15, 0.2) is 12.0 Å². The highest BCUT2D eigenvalue weighted by molar-refractivity contribution is 5.84. The van der Waals surface area contributed by atoms with Crippen molar-refractivity contribution in [2.75, 3.05) is 19.8 Å². The number of nitrogens with zero attached hydrogens (tertiary/aromatic N) is 1. The molecule has 0 spiro atoms. The Bertz CT molecular complexity index is 1020. The fraction of sp³-hybridized carbons (Fsp3) is 0.348. The van der Waals surface area contributed by atoms with Gasteiger partial charge in [0.1, 0.15) is 12.3 Å². The molecule has 30 heavy (non-hydrogen) atoms. The van der Waals surface area contributed by atoms with E-state index in [9.17, 15) is 9.59 Å². The quantitative estimate of drug-likeness (QED) is 0.547. The number of hydrogen-bond acceptors (Lipinski definition) is 6. The molecular formula is C23H24N2O5. The number of fused-ring (bicyclic) bond motifs is 1. The topological polar surface area (TPSA) is 90.7 Å². The molecule has 1 unspecified atom stereocenters. The van der Waals surface area contributed by atoms with Crippen LogP contribution in [0, 0.1) is 5.92 Å². The first-order valence-electron chi connectivity index (χ1n) is 10.1. The zero-order valence-corrected chi connectivity index (χ0v) is 16.6. The van der Waals surface area contributed by atoms with E-state index in [2.05, 4.69) is 28.7 Å². The molecule has 3 aromatic rings. The largest absolute Gasteiger partial charge is 0.381 e. The number of aldehydes is 1. The van der Waals surface area contributed by atoms with Crippen molar-refractivity contribution in [3.8, 4) is 0 Å². The van der Waals surface area contributed by atoms with Crippen molar-refractivity contribution in [2.45, 2.75) is 26.1 Å². The molecule has 7 nitrogen and oxygen atoms in total. The average Bonchev–Trinajstić information content (AvgIpc) is 3.42. The zero-order valence-electron chi connectivity index (χ0n) is 16.6. The van der Waals surface area contributed by atoms with E-state index in [-0.39, 0.29) is 24.5 Å². The minimum Gasteiger partial charge on any atom is -0.381 e. The van der Waals surface area contributed by atoms with E-state index < -0.39 is 0 Å². The van der Waals surface area contributed by atoms with Crippen LogP contribution in [-0.4, -0.2) is 37.1 Å². The third-order valence-corrected chi connectivity index (χ3v) is 5.25. The van der Waals surface area contributed by atoms with Crippen molar-refractivity contribution in [1.29, 1.82) is 0 Å². The number of ether oxygens (including phenoxy) is 2. The highest BCUT2D eigenvalue weighted by atomic mass is 16.5. The second-order valence-corrected chi connectivity index (χ2v) is 7.47. The normalized spacial score (nSPS) is 16.1. The molecule has 0 aliphatic carbocycles. The molecule has 2 aromatic carbocycles. The lowest BCUT2D eigenvalue weighted by molar-refractivity contribution is -0.120. The molecule has 1 atom stereocenters. The van der Waals surface area contributed by atoms with Gasteiger partial charge in [0, 0.05) is 19.1 Å². The third kappa shape index (κ3) is 4.93. The molecule has 156 valence electrons. The van der Waals surface area contributed by atoms with Gasteiger partial charge in [-0.15, -0.1) is 0 Å². The summed E-state index contributed by atoms with van der Waals surface area (Å²) < 4.78 is 16.3. The summed E-state index contributed by atoms with van der Waals surface area (Å²) in [6.07, 6.45) is 1.61. The van der Waals surface area contributed by atoms with E-state index in [0.717, 1.165) is 24.0 Å². The van der Waals surface area contributed by atoms with Gasteiger partial charge in [-0.3, -0.25) is 9.59 Å². The van der Waals surface area contributed by atoms with Crippen LogP contribution in [0.5, 0.6) is 0 Å². The Hall–Kier alpha value is -3.03. The molecule has 1 fully saturated rings. The van der Waals surface area contributed by atoms with Gasteiger partial charge in [-0.05, 0) is 28.8 Å². The summed E-state index contributed by atoms with van der Waals surface area (Å²) in [6.45, 7) is 2.46. The monoisotopic (exact) mass is 408 g/mol. The molecule has 4 rings (SSSR count). The third-order valence-electron chi connectivity index (χ3n) is 5.25. The van der Waals surface area contributed by atoms with E-state index in [0.29, 0.717) is 43.4 Å². The average molecular weight is 408 g/mol. The van der Waals surface area contributed by atoms with Crippen LogP contribution in [0.3, 0.4) is 0 Å². The fourth-order valence-electron chi connectivity index (χ4n) is 3.54. The van der Waals surface area contributed by atoms with Gasteiger partial charge in [0.05, 0.1) is 25.2 Å². The Balaban J connectivity index is 1.31. The van der Waals surface area contributed by atoms with Crippen LogP contribution < -0.4 is 5.32 Å². The molecule has 0 saturated carbocycles. The van der Waals surface area contributed by atoms with E-state index in [1.165, 1.54) is 5.39 Å². The van der Waals surface area contributed by atoms with E-state index in [1.54, 1.807) is 0 Å². The van der Waals surface area contributed by atoms with Crippen LogP contribution in [0.1, 0.15) is 33.8 Å². The first-order chi connectivity index (χ1) is 14.7. The molecule has 1 aliphatic rings. The molecule has 0 radical (unpaired) electrons. The van der Waals surface area contributed by atoms with Gasteiger partial charge in [-0.25, -0.2) is 0 Å². The molecule has 7 heteroatoms. The molecule has 1 saturated heterocycles. The lowest BCUT2D eigenvalue weighted by Gasteiger charge is -2.08. The molecular weight excluding hydrogens is 384 g/mol. The second kappa shape index (κ2) is 9.65. The van der Waals surface area contributed by atoms with Crippen LogP contribution in [-0.2, 0) is 33.9 Å². The van der Waals surface area contributed by atoms with Gasteiger partial charge in [-0.2, -0.15) is 0 Å². The Labute approximate surface area is 174 Å². The maximum atomic E-state index is 12.2. The number of hydrogen-bond donors (Lipinski definition) is 1. The highest BCUT2D eigenvalue weighted by Gasteiger charge is 2.20. The minimum absolute atomic E-state index is 0.00414. The maximum Gasteiger partial charge on any atom is 0.226 e. The molecule has 1 aliphatic heterocycles. The number of nitrogens with one attached hydrogen (secondary N) is 1. The Morgan fingerprint density at radius 2 is 2.07 bits per heavy atom. The van der Waals surface area contributed by atoms with Gasteiger partial charge in [0.2, 0.25) is 5.91 Å². The summed E-state index contributed by atoms with van der Waals surface area (Å²) in [5.41, 5.74) is 1.64. The van der Waals surface area contributed by atoms with Crippen molar-refractivity contribution in [2.24, 2.45) is 5.92 Å². The van der Waals surface area contributed by atoms with Crippen LogP contribution in [0.2, 0.25) is 0 Å². The summed E-state index contributed by atoms with van der Waals surface area (Å²) in [5.74, 6) is 0.482. The minimum atomic E-state index is -0.193. The van der Waals surface area contributed by atoms with E-state index in [1.807, 2.05) is 24.3 Å². The highest BCUT2D eigenvalue weighted by Crippen LogP contribution is 2.18. The van der Waals surface area contributed by atoms with Gasteiger partial charge in [-0.1, -0.05) is 41.6 Å². The van der Waals surface area contributed by atoms with Crippen molar-refractivity contribution in [3.05, 3.63) is 65.0 Å².